The minimum absolute atomic E-state index is 0.115. The minimum atomic E-state index is -3.77. The van der Waals surface area contributed by atoms with Gasteiger partial charge in [0.05, 0.1) is 16.3 Å². The molecule has 2 aromatic heterocycles. The van der Waals surface area contributed by atoms with Crippen molar-refractivity contribution >= 4 is 39.0 Å². The summed E-state index contributed by atoms with van der Waals surface area (Å²) >= 11 is 3.02. The van der Waals surface area contributed by atoms with Gasteiger partial charge in [0.25, 0.3) is 0 Å². The first-order chi connectivity index (χ1) is 14.3. The zero-order valence-corrected chi connectivity index (χ0v) is 19.3. The van der Waals surface area contributed by atoms with Crippen molar-refractivity contribution in [2.45, 2.75) is 23.3 Å². The highest BCUT2D eigenvalue weighted by Crippen LogP contribution is 2.22. The Bertz CT molecular complexity index is 1080. The smallest absolute Gasteiger partial charge is 0.246 e. The van der Waals surface area contributed by atoms with Crippen LogP contribution >= 0.6 is 23.1 Å². The Morgan fingerprint density at radius 1 is 1.23 bits per heavy atom. The second-order valence-electron chi connectivity index (χ2n) is 6.33. The van der Waals surface area contributed by atoms with Crippen molar-refractivity contribution in [3.8, 4) is 10.7 Å². The van der Waals surface area contributed by atoms with Crippen LogP contribution in [0.1, 0.15) is 12.8 Å². The van der Waals surface area contributed by atoms with Gasteiger partial charge in [0.15, 0.2) is 0 Å². The van der Waals surface area contributed by atoms with Gasteiger partial charge >= 0.3 is 0 Å². The fourth-order valence-corrected chi connectivity index (χ4v) is 4.85. The molecule has 8 nitrogen and oxygen atoms in total. The van der Waals surface area contributed by atoms with Crippen LogP contribution in [0.15, 0.2) is 56.1 Å². The van der Waals surface area contributed by atoms with Crippen molar-refractivity contribution in [2.24, 2.45) is 0 Å². The molecule has 0 spiro atoms. The van der Waals surface area contributed by atoms with Gasteiger partial charge in [-0.3, -0.25) is 4.79 Å². The summed E-state index contributed by atoms with van der Waals surface area (Å²) in [5.74, 6) is 0.420. The van der Waals surface area contributed by atoms with E-state index in [0.29, 0.717) is 18.3 Å². The lowest BCUT2D eigenvalue weighted by atomic mass is 10.4. The second-order valence-corrected chi connectivity index (χ2v) is 10.2. The fraction of sp³-hybridized carbons (Fsp3) is 0.316. The van der Waals surface area contributed by atoms with Crippen molar-refractivity contribution in [1.82, 2.24) is 19.3 Å². The van der Waals surface area contributed by atoms with E-state index < -0.39 is 10.0 Å². The van der Waals surface area contributed by atoms with Gasteiger partial charge in [0, 0.05) is 18.5 Å². The number of hydrogen-bond donors (Lipinski definition) is 0. The number of nitrogens with zero attached hydrogens (tertiary/aromatic N) is 4. The molecule has 0 saturated heterocycles. The molecular weight excluding hydrogens is 444 g/mol. The van der Waals surface area contributed by atoms with Gasteiger partial charge in [-0.1, -0.05) is 11.2 Å². The number of carbonyl (C=O) groups is 1. The minimum Gasteiger partial charge on any atom is -0.337 e. The zero-order chi connectivity index (χ0) is 21.7. The highest BCUT2D eigenvalue weighted by molar-refractivity contribution is 7.98. The standard InChI is InChI=1S/C19H22N4O4S3/c1-4-23(12-17-20-19(21-27-17)16-6-5-11-29-16)18(24)13-22(2)30(25,26)15-9-7-14(28-3)8-10-15/h5-11H,4,12-13H2,1-3H3. The van der Waals surface area contributed by atoms with Crippen molar-refractivity contribution in [1.29, 1.82) is 0 Å². The predicted octanol–water partition coefficient (Wildman–Crippen LogP) is 3.19. The van der Waals surface area contributed by atoms with E-state index in [-0.39, 0.29) is 23.9 Å². The lowest BCUT2D eigenvalue weighted by Gasteiger charge is -2.23. The van der Waals surface area contributed by atoms with Crippen molar-refractivity contribution in [3.63, 3.8) is 0 Å². The lowest BCUT2D eigenvalue weighted by Crippen LogP contribution is -2.40. The summed E-state index contributed by atoms with van der Waals surface area (Å²) in [5.41, 5.74) is 0. The lowest BCUT2D eigenvalue weighted by molar-refractivity contribution is -0.132. The second kappa shape index (κ2) is 9.73. The molecule has 0 radical (unpaired) electrons. The van der Waals surface area contributed by atoms with Crippen molar-refractivity contribution < 1.29 is 17.7 Å². The Morgan fingerprint density at radius 2 is 1.97 bits per heavy atom. The Hall–Kier alpha value is -2.21. The first kappa shape index (κ1) is 22.5. The van der Waals surface area contributed by atoms with E-state index in [1.54, 1.807) is 24.3 Å². The van der Waals surface area contributed by atoms with Gasteiger partial charge in [-0.05, 0) is 48.9 Å². The molecule has 1 amide bonds. The molecule has 0 fully saturated rings. The van der Waals surface area contributed by atoms with E-state index in [2.05, 4.69) is 10.1 Å². The predicted molar refractivity (Wildman–Crippen MR) is 117 cm³/mol. The van der Waals surface area contributed by atoms with Gasteiger partial charge in [-0.2, -0.15) is 9.29 Å². The summed E-state index contributed by atoms with van der Waals surface area (Å²) < 4.78 is 31.9. The van der Waals surface area contributed by atoms with E-state index in [9.17, 15) is 13.2 Å². The molecule has 0 N–H and O–H groups in total. The maximum absolute atomic E-state index is 12.8. The van der Waals surface area contributed by atoms with Gasteiger partial charge in [0.1, 0.15) is 6.54 Å². The first-order valence-corrected chi connectivity index (χ1v) is 12.6. The Balaban J connectivity index is 1.66. The molecule has 3 rings (SSSR count). The fourth-order valence-electron chi connectivity index (χ4n) is 2.67. The van der Waals surface area contributed by atoms with Crippen molar-refractivity contribution in [3.05, 3.63) is 47.7 Å². The number of hydrogen-bond acceptors (Lipinski definition) is 8. The molecular formula is C19H22N4O4S3. The molecule has 2 heterocycles. The number of thioether (sulfide) groups is 1. The summed E-state index contributed by atoms with van der Waals surface area (Å²) in [4.78, 5) is 20.5. The van der Waals surface area contributed by atoms with E-state index in [1.807, 2.05) is 30.7 Å². The maximum Gasteiger partial charge on any atom is 0.246 e. The molecule has 0 bridgehead atoms. The van der Waals surface area contributed by atoms with Crippen LogP contribution in [0.5, 0.6) is 0 Å². The van der Waals surface area contributed by atoms with Gasteiger partial charge in [0.2, 0.25) is 27.6 Å². The number of carbonyl (C=O) groups excluding carboxylic acids is 1. The van der Waals surface area contributed by atoms with Crippen LogP contribution in [-0.4, -0.2) is 60.1 Å². The Labute approximate surface area is 183 Å². The third kappa shape index (κ3) is 5.09. The monoisotopic (exact) mass is 466 g/mol. The average molecular weight is 467 g/mol. The summed E-state index contributed by atoms with van der Waals surface area (Å²) in [7, 11) is -2.38. The third-order valence-electron chi connectivity index (χ3n) is 4.40. The molecule has 0 aliphatic heterocycles. The summed E-state index contributed by atoms with van der Waals surface area (Å²) in [6.45, 7) is 2.02. The van der Waals surface area contributed by atoms with E-state index >= 15 is 0 Å². The number of thiophene rings is 1. The molecule has 0 saturated carbocycles. The molecule has 0 aliphatic rings. The van der Waals surface area contributed by atoms with Gasteiger partial charge < -0.3 is 9.42 Å². The van der Waals surface area contributed by atoms with E-state index in [0.717, 1.165) is 14.1 Å². The molecule has 1 aromatic carbocycles. The van der Waals surface area contributed by atoms with Gasteiger partial charge in [-0.15, -0.1) is 23.1 Å². The van der Waals surface area contributed by atoms with Crippen LogP contribution in [0.3, 0.4) is 0 Å². The topological polar surface area (TPSA) is 96.6 Å². The Kier molecular flexibility index (Phi) is 7.29. The summed E-state index contributed by atoms with van der Waals surface area (Å²) in [5, 5.41) is 5.85. The van der Waals surface area contributed by atoms with E-state index in [4.69, 9.17) is 4.52 Å². The largest absolute Gasteiger partial charge is 0.337 e. The molecule has 11 heteroatoms. The van der Waals surface area contributed by atoms with E-state index in [1.165, 1.54) is 35.0 Å². The summed E-state index contributed by atoms with van der Waals surface area (Å²) in [6.07, 6.45) is 1.92. The maximum atomic E-state index is 12.8. The Morgan fingerprint density at radius 3 is 2.57 bits per heavy atom. The third-order valence-corrected chi connectivity index (χ3v) is 7.82. The van der Waals surface area contributed by atoms with Gasteiger partial charge in [-0.25, -0.2) is 8.42 Å². The number of likely N-dealkylation sites (N-methyl/N-ethyl adjacent to an activating group) is 2. The first-order valence-electron chi connectivity index (χ1n) is 9.09. The SMILES string of the molecule is CCN(Cc1nc(-c2cccs2)no1)C(=O)CN(C)S(=O)(=O)c1ccc(SC)cc1. The van der Waals surface area contributed by atoms with Crippen LogP contribution < -0.4 is 0 Å². The number of rotatable bonds is 9. The molecule has 0 unspecified atom stereocenters. The highest BCUT2D eigenvalue weighted by atomic mass is 32.2. The molecule has 160 valence electrons. The quantitative estimate of drug-likeness (QED) is 0.447. The number of aromatic nitrogens is 2. The number of sulfonamides is 1. The van der Waals surface area contributed by atoms with Crippen LogP contribution in [0, 0.1) is 0 Å². The van der Waals surface area contributed by atoms with Crippen LogP contribution in [0.4, 0.5) is 0 Å². The zero-order valence-electron chi connectivity index (χ0n) is 16.8. The molecule has 3 aromatic rings. The number of benzene rings is 1. The summed E-state index contributed by atoms with van der Waals surface area (Å²) in [6, 6.07) is 10.4. The highest BCUT2D eigenvalue weighted by Gasteiger charge is 2.26. The van der Waals surface area contributed by atoms with Crippen LogP contribution in [0.25, 0.3) is 10.7 Å². The normalized spacial score (nSPS) is 11.7. The average Bonchev–Trinajstić information content (AvgIpc) is 3.43. The molecule has 0 aliphatic carbocycles. The molecule has 0 atom stereocenters. The number of amides is 1. The van der Waals surface area contributed by atoms with Crippen LogP contribution in [0.2, 0.25) is 0 Å². The molecule has 30 heavy (non-hydrogen) atoms. The van der Waals surface area contributed by atoms with Crippen molar-refractivity contribution in [2.75, 3.05) is 26.4 Å². The van der Waals surface area contributed by atoms with Crippen LogP contribution in [-0.2, 0) is 21.4 Å².